The second-order valence-corrected chi connectivity index (χ2v) is 3.96. The number of fused-ring (bicyclic) bond motifs is 1. The second-order valence-electron chi connectivity index (χ2n) is 3.96. The minimum atomic E-state index is -4.75. The number of aromatic nitrogens is 2. The number of H-pyrrole nitrogens is 1. The quantitative estimate of drug-likeness (QED) is 0.674. The summed E-state index contributed by atoms with van der Waals surface area (Å²) in [6, 6.07) is -0.0837. The molecule has 0 spiro atoms. The van der Waals surface area contributed by atoms with Crippen LogP contribution in [0, 0.1) is 10.1 Å². The van der Waals surface area contributed by atoms with Crippen molar-refractivity contribution in [3.8, 4) is 0 Å². The molecule has 9 heteroatoms. The highest BCUT2D eigenvalue weighted by atomic mass is 19.4. The number of hydrogen-bond acceptors (Lipinski definition) is 3. The van der Waals surface area contributed by atoms with E-state index >= 15 is 0 Å². The van der Waals surface area contributed by atoms with Crippen molar-refractivity contribution in [1.29, 1.82) is 0 Å². The van der Waals surface area contributed by atoms with Crippen LogP contribution in [0.2, 0.25) is 0 Å². The summed E-state index contributed by atoms with van der Waals surface area (Å²) in [6.45, 7) is 0.701. The summed E-state index contributed by atoms with van der Waals surface area (Å²) in [5.74, 6) is -0.898. The van der Waals surface area contributed by atoms with E-state index in [1.807, 2.05) is 0 Å². The Hall–Kier alpha value is -2.32. The highest BCUT2D eigenvalue weighted by Gasteiger charge is 2.44. The fraction of sp³-hybridized carbons (Fsp3) is 0.300. The molecule has 1 unspecified atom stereocenters. The molecule has 0 saturated carbocycles. The fourth-order valence-electron chi connectivity index (χ4n) is 1.78. The van der Waals surface area contributed by atoms with E-state index in [2.05, 4.69) is 4.98 Å². The molecule has 0 bridgehead atoms. The number of nitrogens with one attached hydrogen (secondary N) is 1. The number of nitro groups is 1. The largest absolute Gasteiger partial charge is 0.429 e. The SMILES string of the molecule is CC(n1c([N+](=O)[O-])cc2[nH]ccc2c1=O)C(F)(F)F. The number of nitrogens with zero attached hydrogens (tertiary/aromatic N) is 2. The Morgan fingerprint density at radius 3 is 2.63 bits per heavy atom. The van der Waals surface area contributed by atoms with Gasteiger partial charge in [0.1, 0.15) is 0 Å². The maximum atomic E-state index is 12.7. The molecule has 0 fully saturated rings. The molecule has 1 atom stereocenters. The molecule has 0 aliphatic carbocycles. The zero-order chi connectivity index (χ0) is 14.4. The van der Waals surface area contributed by atoms with E-state index in [4.69, 9.17) is 0 Å². The monoisotopic (exact) mass is 275 g/mol. The highest BCUT2D eigenvalue weighted by Crippen LogP contribution is 2.32. The van der Waals surface area contributed by atoms with E-state index in [-0.39, 0.29) is 15.5 Å². The molecule has 2 rings (SSSR count). The van der Waals surface area contributed by atoms with Gasteiger partial charge in [-0.1, -0.05) is 0 Å². The van der Waals surface area contributed by atoms with E-state index < -0.39 is 28.5 Å². The van der Waals surface area contributed by atoms with Crippen LogP contribution in [0.5, 0.6) is 0 Å². The number of aromatic amines is 1. The number of hydrogen-bond donors (Lipinski definition) is 1. The van der Waals surface area contributed by atoms with Crippen molar-refractivity contribution in [3.05, 3.63) is 38.8 Å². The van der Waals surface area contributed by atoms with Crippen molar-refractivity contribution in [2.75, 3.05) is 0 Å². The first-order valence-electron chi connectivity index (χ1n) is 5.17. The van der Waals surface area contributed by atoms with E-state index in [1.54, 1.807) is 0 Å². The third-order valence-corrected chi connectivity index (χ3v) is 2.80. The average Bonchev–Trinajstić information content (AvgIpc) is 2.75. The van der Waals surface area contributed by atoms with Gasteiger partial charge in [-0.15, -0.1) is 0 Å². The summed E-state index contributed by atoms with van der Waals surface area (Å²) in [5, 5.41) is 10.8. The zero-order valence-electron chi connectivity index (χ0n) is 9.56. The summed E-state index contributed by atoms with van der Waals surface area (Å²) in [4.78, 5) is 24.3. The Balaban J connectivity index is 2.83. The van der Waals surface area contributed by atoms with Crippen LogP contribution < -0.4 is 5.56 Å². The summed E-state index contributed by atoms with van der Waals surface area (Å²) >= 11 is 0. The van der Waals surface area contributed by atoms with Gasteiger partial charge in [0, 0.05) is 6.20 Å². The van der Waals surface area contributed by atoms with Crippen LogP contribution >= 0.6 is 0 Å². The van der Waals surface area contributed by atoms with E-state index in [0.717, 1.165) is 6.07 Å². The topological polar surface area (TPSA) is 80.9 Å². The zero-order valence-corrected chi connectivity index (χ0v) is 9.56. The second kappa shape index (κ2) is 4.11. The first-order chi connectivity index (χ1) is 8.73. The molecule has 0 saturated heterocycles. The summed E-state index contributed by atoms with van der Waals surface area (Å²) in [5.41, 5.74) is -0.919. The van der Waals surface area contributed by atoms with Crippen molar-refractivity contribution < 1.29 is 18.1 Å². The number of halogens is 3. The Morgan fingerprint density at radius 2 is 2.11 bits per heavy atom. The molecule has 1 N–H and O–H groups in total. The van der Waals surface area contributed by atoms with Crippen LogP contribution in [0.3, 0.4) is 0 Å². The lowest BCUT2D eigenvalue weighted by Crippen LogP contribution is -2.33. The Morgan fingerprint density at radius 1 is 1.47 bits per heavy atom. The Labute approximate surface area is 103 Å². The van der Waals surface area contributed by atoms with Crippen molar-refractivity contribution in [2.24, 2.45) is 0 Å². The minimum absolute atomic E-state index is 0.0262. The van der Waals surface area contributed by atoms with Crippen LogP contribution in [-0.2, 0) is 0 Å². The molecule has 0 radical (unpaired) electrons. The fourth-order valence-corrected chi connectivity index (χ4v) is 1.78. The molecular weight excluding hydrogens is 267 g/mol. The third-order valence-electron chi connectivity index (χ3n) is 2.80. The van der Waals surface area contributed by atoms with Gasteiger partial charge in [-0.2, -0.15) is 17.7 Å². The maximum absolute atomic E-state index is 12.7. The summed E-state index contributed by atoms with van der Waals surface area (Å²) in [7, 11) is 0. The van der Waals surface area contributed by atoms with Gasteiger partial charge in [0.25, 0.3) is 0 Å². The molecule has 0 aliphatic heterocycles. The lowest BCUT2D eigenvalue weighted by molar-refractivity contribution is -0.394. The molecule has 2 heterocycles. The maximum Gasteiger partial charge on any atom is 0.429 e. The first-order valence-corrected chi connectivity index (χ1v) is 5.17. The molecule has 0 aromatic carbocycles. The number of pyridine rings is 1. The van der Waals surface area contributed by atoms with Gasteiger partial charge in [0.05, 0.1) is 17.0 Å². The van der Waals surface area contributed by atoms with Crippen molar-refractivity contribution >= 4 is 16.7 Å². The molecule has 0 amide bonds. The first kappa shape index (κ1) is 13.1. The molecule has 2 aromatic heterocycles. The van der Waals surface area contributed by atoms with Gasteiger partial charge in [0.2, 0.25) is 0 Å². The lowest BCUT2D eigenvalue weighted by Gasteiger charge is -2.15. The predicted octanol–water partition coefficient (Wildman–Crippen LogP) is 2.36. The molecule has 102 valence electrons. The third kappa shape index (κ3) is 2.07. The Kier molecular flexibility index (Phi) is 2.84. The lowest BCUT2D eigenvalue weighted by atomic mass is 10.2. The highest BCUT2D eigenvalue weighted by molar-refractivity contribution is 5.79. The van der Waals surface area contributed by atoms with Crippen molar-refractivity contribution in [1.82, 2.24) is 9.55 Å². The number of alkyl halides is 3. The predicted molar refractivity (Wildman–Crippen MR) is 60.0 cm³/mol. The van der Waals surface area contributed by atoms with Crippen LogP contribution in [0.1, 0.15) is 13.0 Å². The van der Waals surface area contributed by atoms with Crippen LogP contribution in [0.25, 0.3) is 10.9 Å². The van der Waals surface area contributed by atoms with Gasteiger partial charge >= 0.3 is 17.6 Å². The molecular formula is C10H8F3N3O3. The van der Waals surface area contributed by atoms with Gasteiger partial charge in [0.15, 0.2) is 6.04 Å². The van der Waals surface area contributed by atoms with Crippen LogP contribution in [-0.4, -0.2) is 20.7 Å². The van der Waals surface area contributed by atoms with Crippen molar-refractivity contribution in [3.63, 3.8) is 0 Å². The van der Waals surface area contributed by atoms with Crippen molar-refractivity contribution in [2.45, 2.75) is 19.1 Å². The normalized spacial score (nSPS) is 13.7. The molecule has 2 aromatic rings. The summed E-state index contributed by atoms with van der Waals surface area (Å²) in [6.07, 6.45) is -3.42. The van der Waals surface area contributed by atoms with Gasteiger partial charge in [-0.25, -0.2) is 4.79 Å². The van der Waals surface area contributed by atoms with E-state index in [9.17, 15) is 28.1 Å². The van der Waals surface area contributed by atoms with Gasteiger partial charge in [-0.3, -0.25) is 0 Å². The minimum Gasteiger partial charge on any atom is -0.361 e. The average molecular weight is 275 g/mol. The Bertz CT molecular complexity index is 701. The van der Waals surface area contributed by atoms with Crippen LogP contribution in [0.15, 0.2) is 23.1 Å². The van der Waals surface area contributed by atoms with Gasteiger partial charge in [-0.05, 0) is 17.9 Å². The molecule has 0 aliphatic rings. The van der Waals surface area contributed by atoms with E-state index in [0.29, 0.717) is 6.92 Å². The molecule has 19 heavy (non-hydrogen) atoms. The standard InChI is InChI=1S/C10H8F3N3O3/c1-5(10(11,12)13)15-8(16(18)19)4-7-6(9(15)17)2-3-14-7/h2-5,14H,1H3. The van der Waals surface area contributed by atoms with Gasteiger partial charge < -0.3 is 15.1 Å². The van der Waals surface area contributed by atoms with Crippen LogP contribution in [0.4, 0.5) is 19.0 Å². The van der Waals surface area contributed by atoms with E-state index in [1.165, 1.54) is 12.3 Å². The smallest absolute Gasteiger partial charge is 0.361 e. The summed E-state index contributed by atoms with van der Waals surface area (Å²) < 4.78 is 38.2. The molecule has 6 nitrogen and oxygen atoms in total. The number of rotatable bonds is 2.